The highest BCUT2D eigenvalue weighted by atomic mass is 16.6. The van der Waals surface area contributed by atoms with E-state index in [-0.39, 0.29) is 23.4 Å². The van der Waals surface area contributed by atoms with Gasteiger partial charge in [-0.15, -0.1) is 0 Å². The molecule has 32 heavy (non-hydrogen) atoms. The van der Waals surface area contributed by atoms with Crippen LogP contribution in [0.4, 0.5) is 5.69 Å². The zero-order chi connectivity index (χ0) is 23.1. The van der Waals surface area contributed by atoms with Crippen molar-refractivity contribution in [2.45, 2.75) is 32.1 Å². The van der Waals surface area contributed by atoms with Gasteiger partial charge in [-0.25, -0.2) is 0 Å². The number of nitrogens with zero attached hydrogens (tertiary/aromatic N) is 3. The van der Waals surface area contributed by atoms with Gasteiger partial charge < -0.3 is 15.0 Å². The Morgan fingerprint density at radius 2 is 1.88 bits per heavy atom. The van der Waals surface area contributed by atoms with Gasteiger partial charge in [0.1, 0.15) is 0 Å². The summed E-state index contributed by atoms with van der Waals surface area (Å²) in [7, 11) is 1.63. The molecule has 0 radical (unpaired) electrons. The van der Waals surface area contributed by atoms with E-state index in [9.17, 15) is 19.7 Å². The molecule has 0 atom stereocenters. The fourth-order valence-corrected chi connectivity index (χ4v) is 3.86. The molecular formula is C23H28N4O5. The minimum Gasteiger partial charge on any atom is -0.385 e. The number of amides is 2. The quantitative estimate of drug-likeness (QED) is 0.383. The van der Waals surface area contributed by atoms with E-state index in [1.807, 2.05) is 19.1 Å². The molecule has 1 aromatic heterocycles. The van der Waals surface area contributed by atoms with Gasteiger partial charge in [0.05, 0.1) is 16.2 Å². The molecule has 1 aliphatic heterocycles. The molecule has 1 aliphatic rings. The number of pyridine rings is 1. The van der Waals surface area contributed by atoms with E-state index in [0.717, 1.165) is 17.8 Å². The summed E-state index contributed by atoms with van der Waals surface area (Å²) in [6.07, 6.45) is 2.12. The number of hydrogen-bond donors (Lipinski definition) is 1. The van der Waals surface area contributed by atoms with Crippen molar-refractivity contribution in [3.05, 3.63) is 69.0 Å². The van der Waals surface area contributed by atoms with E-state index in [1.165, 1.54) is 24.3 Å². The largest absolute Gasteiger partial charge is 0.385 e. The zero-order valence-corrected chi connectivity index (χ0v) is 18.4. The molecule has 1 aromatic carbocycles. The summed E-state index contributed by atoms with van der Waals surface area (Å²) in [5.41, 5.74) is 2.59. The van der Waals surface area contributed by atoms with Gasteiger partial charge >= 0.3 is 0 Å². The number of carbonyl (C=O) groups excluding carboxylic acids is 2. The molecule has 0 unspecified atom stereocenters. The van der Waals surface area contributed by atoms with Crippen molar-refractivity contribution >= 4 is 17.5 Å². The van der Waals surface area contributed by atoms with Crippen LogP contribution in [-0.4, -0.2) is 60.0 Å². The molecule has 9 heteroatoms. The maximum atomic E-state index is 12.8. The van der Waals surface area contributed by atoms with Gasteiger partial charge in [0.2, 0.25) is 0 Å². The molecule has 2 aromatic rings. The Labute approximate surface area is 186 Å². The van der Waals surface area contributed by atoms with E-state index in [4.69, 9.17) is 4.74 Å². The third-order valence-corrected chi connectivity index (χ3v) is 5.61. The predicted octanol–water partition coefficient (Wildman–Crippen LogP) is 3.08. The molecule has 1 N–H and O–H groups in total. The van der Waals surface area contributed by atoms with E-state index < -0.39 is 4.92 Å². The lowest BCUT2D eigenvalue weighted by atomic mass is 9.89. The number of rotatable bonds is 8. The number of nitro benzene ring substituents is 1. The van der Waals surface area contributed by atoms with Gasteiger partial charge in [-0.1, -0.05) is 0 Å². The Morgan fingerprint density at radius 1 is 1.19 bits per heavy atom. The van der Waals surface area contributed by atoms with Crippen LogP contribution in [0, 0.1) is 17.0 Å². The molecule has 170 valence electrons. The van der Waals surface area contributed by atoms with Crippen LogP contribution in [0.15, 0.2) is 36.4 Å². The van der Waals surface area contributed by atoms with Gasteiger partial charge in [0.25, 0.3) is 17.5 Å². The normalized spacial score (nSPS) is 14.2. The molecule has 9 nitrogen and oxygen atoms in total. The molecule has 1 saturated heterocycles. The Bertz CT molecular complexity index is 969. The first-order chi connectivity index (χ1) is 15.4. The minimum atomic E-state index is -0.486. The average molecular weight is 441 g/mol. The number of methoxy groups -OCH3 is 1. The van der Waals surface area contributed by atoms with Crippen molar-refractivity contribution in [2.24, 2.45) is 0 Å². The number of aryl methyl sites for hydroxylation is 1. The van der Waals surface area contributed by atoms with Crippen LogP contribution in [0.25, 0.3) is 0 Å². The predicted molar refractivity (Wildman–Crippen MR) is 119 cm³/mol. The topological polar surface area (TPSA) is 115 Å². The first kappa shape index (κ1) is 23.3. The van der Waals surface area contributed by atoms with Crippen molar-refractivity contribution in [3.8, 4) is 0 Å². The Kier molecular flexibility index (Phi) is 7.88. The standard InChI is InChI=1S/C23H28N4O5/c1-16-4-9-20(22(28)24-12-3-15-32-2)21(25-16)17-10-13-26(14-11-17)23(29)18-5-7-19(8-6-18)27(30)31/h4-9,17H,3,10-15H2,1-2H3,(H,24,28). The van der Waals surface area contributed by atoms with Gasteiger partial charge in [0.15, 0.2) is 0 Å². The molecular weight excluding hydrogens is 412 g/mol. The molecule has 0 saturated carbocycles. The summed E-state index contributed by atoms with van der Waals surface area (Å²) < 4.78 is 5.02. The minimum absolute atomic E-state index is 0.0428. The maximum Gasteiger partial charge on any atom is 0.269 e. The summed E-state index contributed by atoms with van der Waals surface area (Å²) in [5, 5.41) is 13.7. The second kappa shape index (κ2) is 10.8. The monoisotopic (exact) mass is 440 g/mol. The van der Waals surface area contributed by atoms with E-state index in [1.54, 1.807) is 12.0 Å². The fraction of sp³-hybridized carbons (Fsp3) is 0.435. The number of carbonyl (C=O) groups is 2. The summed E-state index contributed by atoms with van der Waals surface area (Å²) in [5.74, 6) is -0.213. The van der Waals surface area contributed by atoms with Crippen molar-refractivity contribution in [1.82, 2.24) is 15.2 Å². The second-order valence-corrected chi connectivity index (χ2v) is 7.86. The lowest BCUT2D eigenvalue weighted by molar-refractivity contribution is -0.384. The lowest BCUT2D eigenvalue weighted by Gasteiger charge is -2.32. The molecule has 3 rings (SSSR count). The highest BCUT2D eigenvalue weighted by molar-refractivity contribution is 5.96. The van der Waals surface area contributed by atoms with Crippen LogP contribution in [-0.2, 0) is 4.74 Å². The molecule has 0 spiro atoms. The number of likely N-dealkylation sites (tertiary alicyclic amines) is 1. The van der Waals surface area contributed by atoms with Crippen molar-refractivity contribution < 1.29 is 19.2 Å². The van der Waals surface area contributed by atoms with Crippen molar-refractivity contribution in [1.29, 1.82) is 0 Å². The molecule has 2 heterocycles. The third kappa shape index (κ3) is 5.67. The van der Waals surface area contributed by atoms with Gasteiger partial charge in [-0.2, -0.15) is 0 Å². The number of nitro groups is 1. The van der Waals surface area contributed by atoms with Crippen LogP contribution in [0.3, 0.4) is 0 Å². The average Bonchev–Trinajstić information content (AvgIpc) is 2.81. The lowest BCUT2D eigenvalue weighted by Crippen LogP contribution is -2.38. The van der Waals surface area contributed by atoms with Gasteiger partial charge in [-0.05, 0) is 50.5 Å². The van der Waals surface area contributed by atoms with E-state index in [2.05, 4.69) is 10.3 Å². The van der Waals surface area contributed by atoms with E-state index in [0.29, 0.717) is 50.2 Å². The smallest absolute Gasteiger partial charge is 0.269 e. The SMILES string of the molecule is COCCCNC(=O)c1ccc(C)nc1C1CCN(C(=O)c2ccc([N+](=O)[O-])cc2)CC1. The number of non-ortho nitro benzene ring substituents is 1. The number of benzene rings is 1. The highest BCUT2D eigenvalue weighted by Gasteiger charge is 2.28. The molecule has 0 aliphatic carbocycles. The number of nitrogens with one attached hydrogen (secondary N) is 1. The molecule has 1 fully saturated rings. The van der Waals surface area contributed by atoms with Crippen LogP contribution in [0.1, 0.15) is 57.3 Å². The molecule has 2 amide bonds. The van der Waals surface area contributed by atoms with Crippen LogP contribution in [0.5, 0.6) is 0 Å². The Balaban J connectivity index is 1.65. The van der Waals surface area contributed by atoms with Crippen molar-refractivity contribution in [2.75, 3.05) is 33.4 Å². The first-order valence-electron chi connectivity index (χ1n) is 10.7. The second-order valence-electron chi connectivity index (χ2n) is 7.86. The fourth-order valence-electron chi connectivity index (χ4n) is 3.86. The van der Waals surface area contributed by atoms with Crippen LogP contribution < -0.4 is 5.32 Å². The summed E-state index contributed by atoms with van der Waals surface area (Å²) >= 11 is 0. The van der Waals surface area contributed by atoms with Crippen molar-refractivity contribution in [3.63, 3.8) is 0 Å². The number of aromatic nitrogens is 1. The molecule has 0 bridgehead atoms. The maximum absolute atomic E-state index is 12.8. The van der Waals surface area contributed by atoms with Crippen LogP contribution in [0.2, 0.25) is 0 Å². The summed E-state index contributed by atoms with van der Waals surface area (Å²) in [6, 6.07) is 9.31. The number of hydrogen-bond acceptors (Lipinski definition) is 6. The first-order valence-corrected chi connectivity index (χ1v) is 10.7. The number of piperidine rings is 1. The van der Waals surface area contributed by atoms with E-state index >= 15 is 0 Å². The Hall–Kier alpha value is -3.33. The van der Waals surface area contributed by atoms with Gasteiger partial charge in [-0.3, -0.25) is 24.7 Å². The van der Waals surface area contributed by atoms with Gasteiger partial charge in [0, 0.05) is 62.7 Å². The third-order valence-electron chi connectivity index (χ3n) is 5.61. The van der Waals surface area contributed by atoms with Crippen LogP contribution >= 0.6 is 0 Å². The highest BCUT2D eigenvalue weighted by Crippen LogP contribution is 2.30. The zero-order valence-electron chi connectivity index (χ0n) is 18.4. The summed E-state index contributed by atoms with van der Waals surface area (Å²) in [4.78, 5) is 42.2. The summed E-state index contributed by atoms with van der Waals surface area (Å²) in [6.45, 7) is 4.08. The number of ether oxygens (including phenoxy) is 1. The Morgan fingerprint density at radius 3 is 2.50 bits per heavy atom.